The molecule has 0 aromatic rings. The van der Waals surface area contributed by atoms with E-state index in [0.29, 0.717) is 11.5 Å². The molecule has 0 amide bonds. The molecule has 1 saturated heterocycles. The van der Waals surface area contributed by atoms with E-state index in [1.54, 1.807) is 0 Å². The molecule has 2 nitrogen and oxygen atoms in total. The first-order chi connectivity index (χ1) is 10.1. The molecule has 0 bridgehead atoms. The number of rotatable bonds is 6. The van der Waals surface area contributed by atoms with Gasteiger partial charge in [-0.3, -0.25) is 0 Å². The van der Waals surface area contributed by atoms with Gasteiger partial charge in [0, 0.05) is 18.6 Å². The van der Waals surface area contributed by atoms with Crippen molar-refractivity contribution in [2.24, 2.45) is 11.3 Å². The minimum Gasteiger partial charge on any atom is -0.313 e. The van der Waals surface area contributed by atoms with Crippen LogP contribution in [0.3, 0.4) is 0 Å². The molecule has 1 N–H and O–H groups in total. The summed E-state index contributed by atoms with van der Waals surface area (Å²) in [5.41, 5.74) is 0.467. The van der Waals surface area contributed by atoms with Crippen LogP contribution in [0, 0.1) is 11.3 Å². The van der Waals surface area contributed by atoms with Gasteiger partial charge >= 0.3 is 0 Å². The molecule has 2 heteroatoms. The van der Waals surface area contributed by atoms with Gasteiger partial charge in [-0.2, -0.15) is 0 Å². The third-order valence-corrected chi connectivity index (χ3v) is 5.97. The molecule has 2 rings (SSSR count). The minimum atomic E-state index is 0.467. The average Bonchev–Trinajstić information content (AvgIpc) is 2.45. The Bertz CT molecular complexity index is 298. The van der Waals surface area contributed by atoms with E-state index in [0.717, 1.165) is 18.5 Å². The Morgan fingerprint density at radius 2 is 1.90 bits per heavy atom. The first-order valence-corrected chi connectivity index (χ1v) is 9.56. The Balaban J connectivity index is 2.00. The molecule has 0 aromatic carbocycles. The van der Waals surface area contributed by atoms with Crippen LogP contribution in [0.25, 0.3) is 0 Å². The predicted octanol–water partition coefficient (Wildman–Crippen LogP) is 4.45. The monoisotopic (exact) mass is 294 g/mol. The summed E-state index contributed by atoms with van der Waals surface area (Å²) in [6, 6.07) is 1.58. The van der Waals surface area contributed by atoms with Gasteiger partial charge in [0.15, 0.2) is 0 Å². The first kappa shape index (κ1) is 17.3. The molecular weight excluding hydrogens is 256 g/mol. The lowest BCUT2D eigenvalue weighted by atomic mass is 9.67. The number of nitrogens with one attached hydrogen (secondary N) is 1. The molecule has 21 heavy (non-hydrogen) atoms. The smallest absolute Gasteiger partial charge is 0.0159 e. The summed E-state index contributed by atoms with van der Waals surface area (Å²) >= 11 is 0. The van der Waals surface area contributed by atoms with Gasteiger partial charge in [-0.05, 0) is 56.5 Å². The summed E-state index contributed by atoms with van der Waals surface area (Å²) in [5, 5.41) is 3.83. The second kappa shape index (κ2) is 7.97. The first-order valence-electron chi connectivity index (χ1n) is 9.56. The van der Waals surface area contributed by atoms with Gasteiger partial charge in [0.2, 0.25) is 0 Å². The van der Waals surface area contributed by atoms with E-state index in [1.165, 1.54) is 64.5 Å². The minimum absolute atomic E-state index is 0.467. The van der Waals surface area contributed by atoms with Gasteiger partial charge in [-0.25, -0.2) is 0 Å². The van der Waals surface area contributed by atoms with E-state index in [-0.39, 0.29) is 0 Å². The largest absolute Gasteiger partial charge is 0.313 e. The zero-order valence-electron chi connectivity index (χ0n) is 15.0. The van der Waals surface area contributed by atoms with Crippen LogP contribution in [-0.2, 0) is 0 Å². The molecule has 1 aliphatic carbocycles. The third kappa shape index (κ3) is 4.45. The van der Waals surface area contributed by atoms with Crippen molar-refractivity contribution >= 4 is 0 Å². The molecule has 2 aliphatic rings. The second-order valence-electron chi connectivity index (χ2n) is 8.11. The highest BCUT2D eigenvalue weighted by atomic mass is 15.2. The van der Waals surface area contributed by atoms with Crippen LogP contribution in [0.5, 0.6) is 0 Å². The third-order valence-electron chi connectivity index (χ3n) is 5.97. The van der Waals surface area contributed by atoms with Crippen LogP contribution in [0.2, 0.25) is 0 Å². The van der Waals surface area contributed by atoms with Crippen molar-refractivity contribution in [2.75, 3.05) is 19.6 Å². The number of hydrogen-bond donors (Lipinski definition) is 1. The average molecular weight is 295 g/mol. The SMILES string of the molecule is CCCC1CCCCN1CC1CCCC(C)(C)C1NCC. The second-order valence-corrected chi connectivity index (χ2v) is 8.11. The van der Waals surface area contributed by atoms with Crippen LogP contribution >= 0.6 is 0 Å². The highest BCUT2D eigenvalue weighted by molar-refractivity contribution is 4.95. The van der Waals surface area contributed by atoms with Crippen molar-refractivity contribution in [1.29, 1.82) is 0 Å². The molecule has 0 aromatic heterocycles. The van der Waals surface area contributed by atoms with Gasteiger partial charge in [0.25, 0.3) is 0 Å². The predicted molar refractivity (Wildman–Crippen MR) is 92.7 cm³/mol. The van der Waals surface area contributed by atoms with Crippen molar-refractivity contribution in [3.8, 4) is 0 Å². The fourth-order valence-corrected chi connectivity index (χ4v) is 4.90. The Morgan fingerprint density at radius 3 is 2.62 bits per heavy atom. The highest BCUT2D eigenvalue weighted by Gasteiger charge is 2.39. The molecule has 1 heterocycles. The van der Waals surface area contributed by atoms with Crippen molar-refractivity contribution < 1.29 is 0 Å². The maximum absolute atomic E-state index is 3.83. The summed E-state index contributed by atoms with van der Waals surface area (Å²) < 4.78 is 0. The molecule has 1 saturated carbocycles. The quantitative estimate of drug-likeness (QED) is 0.779. The lowest BCUT2D eigenvalue weighted by Gasteiger charge is -2.47. The van der Waals surface area contributed by atoms with Crippen molar-refractivity contribution in [3.05, 3.63) is 0 Å². The Morgan fingerprint density at radius 1 is 1.10 bits per heavy atom. The van der Waals surface area contributed by atoms with E-state index in [9.17, 15) is 0 Å². The van der Waals surface area contributed by atoms with Crippen molar-refractivity contribution in [1.82, 2.24) is 10.2 Å². The van der Waals surface area contributed by atoms with Gasteiger partial charge in [-0.1, -0.05) is 47.0 Å². The standard InChI is InChI=1S/C19H38N2/c1-5-10-17-12-7-8-14-21(17)15-16-11-9-13-19(3,4)18(16)20-6-2/h16-18,20H,5-15H2,1-4H3. The van der Waals surface area contributed by atoms with Crippen LogP contribution in [0.1, 0.15) is 79.1 Å². The number of nitrogens with zero attached hydrogens (tertiary/aromatic N) is 1. The van der Waals surface area contributed by atoms with E-state index >= 15 is 0 Å². The molecular formula is C19H38N2. The molecule has 3 unspecified atom stereocenters. The van der Waals surface area contributed by atoms with Crippen LogP contribution in [0.4, 0.5) is 0 Å². The van der Waals surface area contributed by atoms with E-state index in [1.807, 2.05) is 0 Å². The fourth-order valence-electron chi connectivity index (χ4n) is 4.90. The number of hydrogen-bond acceptors (Lipinski definition) is 2. The van der Waals surface area contributed by atoms with Crippen molar-refractivity contribution in [3.63, 3.8) is 0 Å². The molecule has 0 spiro atoms. The highest BCUT2D eigenvalue weighted by Crippen LogP contribution is 2.40. The van der Waals surface area contributed by atoms with Gasteiger partial charge in [-0.15, -0.1) is 0 Å². The normalized spacial score (nSPS) is 34.0. The fraction of sp³-hybridized carbons (Fsp3) is 1.00. The molecule has 124 valence electrons. The van der Waals surface area contributed by atoms with Crippen LogP contribution < -0.4 is 5.32 Å². The molecule has 1 aliphatic heterocycles. The summed E-state index contributed by atoms with van der Waals surface area (Å²) in [6.45, 7) is 13.4. The topological polar surface area (TPSA) is 15.3 Å². The van der Waals surface area contributed by atoms with Crippen LogP contribution in [0.15, 0.2) is 0 Å². The maximum atomic E-state index is 3.83. The Kier molecular flexibility index (Phi) is 6.55. The summed E-state index contributed by atoms with van der Waals surface area (Å²) in [4.78, 5) is 2.85. The summed E-state index contributed by atoms with van der Waals surface area (Å²) in [6.07, 6.45) is 11.3. The van der Waals surface area contributed by atoms with E-state index in [2.05, 4.69) is 37.9 Å². The lowest BCUT2D eigenvalue weighted by Crippen LogP contribution is -2.54. The maximum Gasteiger partial charge on any atom is 0.0159 e. The van der Waals surface area contributed by atoms with E-state index < -0.39 is 0 Å². The van der Waals surface area contributed by atoms with Gasteiger partial charge < -0.3 is 10.2 Å². The zero-order chi connectivity index (χ0) is 15.3. The Labute approximate surface area is 133 Å². The van der Waals surface area contributed by atoms with Crippen molar-refractivity contribution in [2.45, 2.75) is 91.1 Å². The van der Waals surface area contributed by atoms with Gasteiger partial charge in [0.1, 0.15) is 0 Å². The summed E-state index contributed by atoms with van der Waals surface area (Å²) in [7, 11) is 0. The lowest BCUT2D eigenvalue weighted by molar-refractivity contribution is 0.0505. The van der Waals surface area contributed by atoms with E-state index in [4.69, 9.17) is 0 Å². The number of piperidine rings is 1. The molecule has 0 radical (unpaired) electrons. The van der Waals surface area contributed by atoms with Crippen LogP contribution in [-0.4, -0.2) is 36.6 Å². The zero-order valence-corrected chi connectivity index (χ0v) is 15.0. The summed E-state index contributed by atoms with van der Waals surface area (Å²) in [5.74, 6) is 0.853. The van der Waals surface area contributed by atoms with Gasteiger partial charge in [0.05, 0.1) is 0 Å². The molecule has 2 fully saturated rings. The molecule has 3 atom stereocenters. The number of likely N-dealkylation sites (tertiary alicyclic amines) is 1. The Hall–Kier alpha value is -0.0800.